The van der Waals surface area contributed by atoms with E-state index in [1.54, 1.807) is 13.0 Å². The summed E-state index contributed by atoms with van der Waals surface area (Å²) in [5, 5.41) is 3.35. The van der Waals surface area contributed by atoms with Gasteiger partial charge in [0, 0.05) is 12.0 Å². The van der Waals surface area contributed by atoms with Gasteiger partial charge in [-0.2, -0.15) is 0 Å². The third kappa shape index (κ3) is 1.95. The molecule has 1 aromatic rings. The average Bonchev–Trinajstić information content (AvgIpc) is 2.97. The first-order valence-corrected chi connectivity index (χ1v) is 6.78. The van der Waals surface area contributed by atoms with Gasteiger partial charge in [-0.25, -0.2) is 4.39 Å². The minimum absolute atomic E-state index is 0.114. The van der Waals surface area contributed by atoms with Crippen LogP contribution in [0.3, 0.4) is 0 Å². The highest BCUT2D eigenvalue weighted by atomic mass is 19.1. The Bertz CT molecular complexity index is 448. The number of ether oxygens (including phenoxy) is 1. The third-order valence-corrected chi connectivity index (χ3v) is 4.45. The molecular formula is C15H20FNO. The molecule has 98 valence electrons. The quantitative estimate of drug-likeness (QED) is 0.889. The number of nitrogens with one attached hydrogen (secondary N) is 1. The van der Waals surface area contributed by atoms with Gasteiger partial charge < -0.3 is 10.1 Å². The second-order valence-electron chi connectivity index (χ2n) is 5.55. The monoisotopic (exact) mass is 249 g/mol. The molecule has 2 fully saturated rings. The molecule has 0 radical (unpaired) electrons. The van der Waals surface area contributed by atoms with Gasteiger partial charge in [-0.15, -0.1) is 0 Å². The molecule has 2 bridgehead atoms. The first-order valence-electron chi connectivity index (χ1n) is 6.78. The van der Waals surface area contributed by atoms with E-state index in [1.807, 2.05) is 19.2 Å². The molecule has 2 saturated heterocycles. The maximum absolute atomic E-state index is 13.7. The summed E-state index contributed by atoms with van der Waals surface area (Å²) in [6.07, 6.45) is 4.25. The number of hydrogen-bond acceptors (Lipinski definition) is 2. The molecule has 1 N–H and O–H groups in total. The Morgan fingerprint density at radius 1 is 1.39 bits per heavy atom. The molecule has 4 atom stereocenters. The van der Waals surface area contributed by atoms with Gasteiger partial charge in [-0.05, 0) is 50.4 Å². The Kier molecular flexibility index (Phi) is 3.12. The Morgan fingerprint density at radius 2 is 2.22 bits per heavy atom. The lowest BCUT2D eigenvalue weighted by molar-refractivity contribution is 0.0863. The van der Waals surface area contributed by atoms with E-state index in [0.29, 0.717) is 23.7 Å². The summed E-state index contributed by atoms with van der Waals surface area (Å²) in [6.45, 7) is 1.80. The van der Waals surface area contributed by atoms with Crippen LogP contribution >= 0.6 is 0 Å². The van der Waals surface area contributed by atoms with Gasteiger partial charge >= 0.3 is 0 Å². The number of fused-ring (bicyclic) bond motifs is 2. The summed E-state index contributed by atoms with van der Waals surface area (Å²) in [4.78, 5) is 0. The zero-order valence-electron chi connectivity index (χ0n) is 10.9. The summed E-state index contributed by atoms with van der Waals surface area (Å²) in [6, 6.07) is 5.77. The molecule has 1 aromatic carbocycles. The standard InChI is InChI=1S/C15H20FNO/c1-9-3-4-10(7-13(9)16)15(17-2)12-8-11-5-6-14(12)18-11/h3-4,7,11-12,14-15,17H,5-6,8H2,1-2H3. The van der Waals surface area contributed by atoms with Crippen molar-refractivity contribution < 1.29 is 9.13 Å². The van der Waals surface area contributed by atoms with Gasteiger partial charge in [0.25, 0.3) is 0 Å². The summed E-state index contributed by atoms with van der Waals surface area (Å²) < 4.78 is 19.6. The molecule has 0 aromatic heterocycles. The summed E-state index contributed by atoms with van der Waals surface area (Å²) in [5.74, 6) is 0.368. The van der Waals surface area contributed by atoms with E-state index in [1.165, 1.54) is 6.42 Å². The number of aryl methyl sites for hydroxylation is 1. The van der Waals surface area contributed by atoms with Gasteiger partial charge in [-0.1, -0.05) is 12.1 Å². The number of halogens is 1. The van der Waals surface area contributed by atoms with Crippen LogP contribution in [0, 0.1) is 18.7 Å². The molecule has 2 heterocycles. The van der Waals surface area contributed by atoms with Crippen molar-refractivity contribution in [2.24, 2.45) is 5.92 Å². The number of rotatable bonds is 3. The maximum atomic E-state index is 13.7. The minimum Gasteiger partial charge on any atom is -0.375 e. The maximum Gasteiger partial charge on any atom is 0.126 e. The van der Waals surface area contributed by atoms with Crippen LogP contribution in [0.15, 0.2) is 18.2 Å². The Morgan fingerprint density at radius 3 is 2.78 bits per heavy atom. The Hall–Kier alpha value is -0.930. The van der Waals surface area contributed by atoms with Crippen molar-refractivity contribution in [1.29, 1.82) is 0 Å². The lowest BCUT2D eigenvalue weighted by Crippen LogP contribution is -2.31. The molecule has 0 aliphatic carbocycles. The fraction of sp³-hybridized carbons (Fsp3) is 0.600. The van der Waals surface area contributed by atoms with Gasteiger partial charge in [0.2, 0.25) is 0 Å². The zero-order chi connectivity index (χ0) is 12.7. The van der Waals surface area contributed by atoms with Crippen molar-refractivity contribution in [3.63, 3.8) is 0 Å². The van der Waals surface area contributed by atoms with E-state index in [4.69, 9.17) is 4.74 Å². The second-order valence-corrected chi connectivity index (χ2v) is 5.55. The fourth-order valence-electron chi connectivity index (χ4n) is 3.46. The molecule has 0 spiro atoms. The molecule has 3 rings (SSSR count). The fourth-order valence-corrected chi connectivity index (χ4v) is 3.46. The Balaban J connectivity index is 1.85. The number of hydrogen-bond donors (Lipinski definition) is 1. The largest absolute Gasteiger partial charge is 0.375 e. The van der Waals surface area contributed by atoms with Crippen LogP contribution in [0.5, 0.6) is 0 Å². The van der Waals surface area contributed by atoms with E-state index in [0.717, 1.165) is 18.4 Å². The SMILES string of the molecule is CNC(c1ccc(C)c(F)c1)C1CC2CCC1O2. The highest BCUT2D eigenvalue weighted by Gasteiger charge is 2.44. The van der Waals surface area contributed by atoms with Crippen molar-refractivity contribution in [3.8, 4) is 0 Å². The van der Waals surface area contributed by atoms with Gasteiger partial charge in [-0.3, -0.25) is 0 Å². The molecule has 4 unspecified atom stereocenters. The van der Waals surface area contributed by atoms with E-state index in [2.05, 4.69) is 5.32 Å². The van der Waals surface area contributed by atoms with Crippen LogP contribution in [0.2, 0.25) is 0 Å². The predicted molar refractivity (Wildman–Crippen MR) is 68.9 cm³/mol. The van der Waals surface area contributed by atoms with Crippen LogP contribution in [-0.2, 0) is 4.74 Å². The first-order chi connectivity index (χ1) is 8.69. The van der Waals surface area contributed by atoms with Gasteiger partial charge in [0.1, 0.15) is 5.82 Å². The van der Waals surface area contributed by atoms with Crippen molar-refractivity contribution >= 4 is 0 Å². The zero-order valence-corrected chi connectivity index (χ0v) is 10.9. The normalized spacial score (nSPS) is 31.8. The molecule has 2 aliphatic rings. The molecule has 18 heavy (non-hydrogen) atoms. The Labute approximate surface area is 108 Å². The topological polar surface area (TPSA) is 21.3 Å². The highest BCUT2D eigenvalue weighted by Crippen LogP contribution is 2.44. The van der Waals surface area contributed by atoms with Gasteiger partial charge in [0.15, 0.2) is 0 Å². The predicted octanol–water partition coefficient (Wildman–Crippen LogP) is 2.96. The summed E-state index contributed by atoms with van der Waals surface area (Å²) >= 11 is 0. The lowest BCUT2D eigenvalue weighted by Gasteiger charge is -2.28. The van der Waals surface area contributed by atoms with Crippen molar-refractivity contribution in [2.45, 2.75) is 44.4 Å². The van der Waals surface area contributed by atoms with E-state index < -0.39 is 0 Å². The second kappa shape index (κ2) is 4.63. The van der Waals surface area contributed by atoms with Crippen LogP contribution in [0.4, 0.5) is 4.39 Å². The summed E-state index contributed by atoms with van der Waals surface area (Å²) in [7, 11) is 1.95. The molecular weight excluding hydrogens is 229 g/mol. The highest BCUT2D eigenvalue weighted by molar-refractivity contribution is 5.27. The number of benzene rings is 1. The molecule has 3 heteroatoms. The molecule has 0 saturated carbocycles. The smallest absolute Gasteiger partial charge is 0.126 e. The van der Waals surface area contributed by atoms with Crippen LogP contribution in [0.1, 0.15) is 36.4 Å². The van der Waals surface area contributed by atoms with E-state index in [-0.39, 0.29) is 11.9 Å². The van der Waals surface area contributed by atoms with Gasteiger partial charge in [0.05, 0.1) is 12.2 Å². The minimum atomic E-state index is -0.114. The van der Waals surface area contributed by atoms with E-state index >= 15 is 0 Å². The lowest BCUT2D eigenvalue weighted by atomic mass is 9.81. The van der Waals surface area contributed by atoms with E-state index in [9.17, 15) is 4.39 Å². The van der Waals surface area contributed by atoms with Crippen LogP contribution in [-0.4, -0.2) is 19.3 Å². The van der Waals surface area contributed by atoms with Crippen LogP contribution in [0.25, 0.3) is 0 Å². The molecule has 0 amide bonds. The summed E-state index contributed by atoms with van der Waals surface area (Å²) in [5.41, 5.74) is 1.75. The third-order valence-electron chi connectivity index (χ3n) is 4.45. The average molecular weight is 249 g/mol. The van der Waals surface area contributed by atoms with Crippen LogP contribution < -0.4 is 5.32 Å². The van der Waals surface area contributed by atoms with Crippen molar-refractivity contribution in [1.82, 2.24) is 5.32 Å². The first kappa shape index (κ1) is 12.1. The van der Waals surface area contributed by atoms with Crippen molar-refractivity contribution in [2.75, 3.05) is 7.05 Å². The molecule has 2 nitrogen and oxygen atoms in total. The molecule has 2 aliphatic heterocycles. The van der Waals surface area contributed by atoms with Crippen molar-refractivity contribution in [3.05, 3.63) is 35.1 Å².